The number of aromatic hydroxyl groups is 1. The van der Waals surface area contributed by atoms with Gasteiger partial charge in [-0.05, 0) is 40.2 Å². The molecule has 1 heterocycles. The molecule has 0 aliphatic rings. The zero-order chi connectivity index (χ0) is 26.5. The van der Waals surface area contributed by atoms with Crippen LogP contribution in [0.2, 0.25) is 5.02 Å². The van der Waals surface area contributed by atoms with Gasteiger partial charge in [0.1, 0.15) is 5.75 Å². The van der Waals surface area contributed by atoms with Crippen LogP contribution in [0.25, 0.3) is 0 Å². The molecule has 2 aromatic carbocycles. The van der Waals surface area contributed by atoms with E-state index in [4.69, 9.17) is 11.6 Å². The summed E-state index contributed by atoms with van der Waals surface area (Å²) in [5.41, 5.74) is 5.66. The minimum absolute atomic E-state index is 0.178. The van der Waals surface area contributed by atoms with Gasteiger partial charge in [-0.25, -0.2) is 5.43 Å². The maximum Gasteiger partial charge on any atom is 0.250 e. The Balaban J connectivity index is 1.56. The molecule has 1 aromatic heterocycles. The van der Waals surface area contributed by atoms with Gasteiger partial charge in [-0.2, -0.15) is 5.10 Å². The number of carbonyl (C=O) groups is 1. The maximum atomic E-state index is 12.3. The molecule has 0 radical (unpaired) electrons. The highest BCUT2D eigenvalue weighted by Gasteiger charge is 2.26. The fraction of sp³-hybridized carbons (Fsp3) is 0.385. The van der Waals surface area contributed by atoms with E-state index >= 15 is 0 Å². The molecule has 3 aromatic rings. The van der Waals surface area contributed by atoms with E-state index in [0.717, 1.165) is 36.0 Å². The van der Waals surface area contributed by atoms with Crippen molar-refractivity contribution >= 4 is 58.6 Å². The number of thioether (sulfide) groups is 2. The van der Waals surface area contributed by atoms with Crippen LogP contribution in [0.3, 0.4) is 0 Å². The number of halogens is 1. The fourth-order valence-corrected chi connectivity index (χ4v) is 6.38. The van der Waals surface area contributed by atoms with Gasteiger partial charge in [0.15, 0.2) is 8.68 Å². The van der Waals surface area contributed by atoms with Crippen molar-refractivity contribution in [1.29, 1.82) is 0 Å². The summed E-state index contributed by atoms with van der Waals surface area (Å²) in [4.78, 5) is 12.3. The second-order valence-electron chi connectivity index (χ2n) is 10.3. The van der Waals surface area contributed by atoms with Crippen molar-refractivity contribution in [1.82, 2.24) is 15.6 Å². The smallest absolute Gasteiger partial charge is 0.250 e. The Morgan fingerprint density at radius 1 is 1.06 bits per heavy atom. The number of benzene rings is 2. The summed E-state index contributed by atoms with van der Waals surface area (Å²) in [6.45, 7) is 12.3. The fourth-order valence-electron chi connectivity index (χ4n) is 3.28. The number of hydrogen-bond donors (Lipinski definition) is 2. The molecule has 1 amide bonds. The number of aromatic nitrogens is 2. The van der Waals surface area contributed by atoms with Gasteiger partial charge in [-0.1, -0.05) is 106 Å². The summed E-state index contributed by atoms with van der Waals surface area (Å²) in [5.74, 6) is 0.966. The van der Waals surface area contributed by atoms with Gasteiger partial charge in [0.25, 0.3) is 5.91 Å². The van der Waals surface area contributed by atoms with E-state index in [-0.39, 0.29) is 22.5 Å². The minimum atomic E-state index is -0.236. The van der Waals surface area contributed by atoms with Gasteiger partial charge in [0.05, 0.1) is 12.0 Å². The highest BCUT2D eigenvalue weighted by atomic mass is 35.5. The molecule has 0 aliphatic carbocycles. The summed E-state index contributed by atoms with van der Waals surface area (Å²) < 4.78 is 1.55. The van der Waals surface area contributed by atoms with Crippen molar-refractivity contribution in [2.45, 2.75) is 66.8 Å². The molecule has 0 saturated carbocycles. The standard InChI is InChI=1S/C26H31ClN4O2S3/c1-25(2,3)18-11-16(12-19(22(18)33)26(4,5)6)13-28-29-21(32)15-35-24-31-30-23(36-24)34-14-17-9-7-8-10-20(17)27/h7-13,33H,14-15H2,1-6H3,(H,29,32). The SMILES string of the molecule is CC(C)(C)c1cc(C=NNC(=O)CSc2nnc(SCc3ccccc3Cl)s2)cc(C(C)(C)C)c1O. The molecule has 2 N–H and O–H groups in total. The maximum absolute atomic E-state index is 12.3. The molecule has 36 heavy (non-hydrogen) atoms. The van der Waals surface area contributed by atoms with Crippen molar-refractivity contribution in [3.63, 3.8) is 0 Å². The van der Waals surface area contributed by atoms with E-state index in [0.29, 0.717) is 11.5 Å². The number of phenolic OH excluding ortho intramolecular Hbond substituents is 1. The first-order valence-corrected chi connectivity index (χ1v) is 14.5. The average molecular weight is 563 g/mol. The predicted octanol–water partition coefficient (Wildman–Crippen LogP) is 7.03. The molecule has 0 aliphatic heterocycles. The topological polar surface area (TPSA) is 87.5 Å². The first kappa shape index (κ1) is 28.5. The second-order valence-corrected chi connectivity index (χ2v) is 14.1. The van der Waals surface area contributed by atoms with Crippen molar-refractivity contribution in [2.75, 3.05) is 5.75 Å². The van der Waals surface area contributed by atoms with Gasteiger partial charge >= 0.3 is 0 Å². The molecular weight excluding hydrogens is 532 g/mol. The Labute approximate surface area is 230 Å². The molecule has 10 heteroatoms. The summed E-state index contributed by atoms with van der Waals surface area (Å²) >= 11 is 10.5. The number of nitrogens with zero attached hydrogens (tertiary/aromatic N) is 3. The van der Waals surface area contributed by atoms with Crippen LogP contribution >= 0.6 is 46.5 Å². The normalized spacial score (nSPS) is 12.3. The van der Waals surface area contributed by atoms with Crippen molar-refractivity contribution < 1.29 is 9.90 Å². The molecule has 0 saturated heterocycles. The zero-order valence-corrected chi connectivity index (χ0v) is 24.5. The quantitative estimate of drug-likeness (QED) is 0.174. The highest BCUT2D eigenvalue weighted by Crippen LogP contribution is 2.39. The number of amides is 1. The van der Waals surface area contributed by atoms with E-state index in [1.807, 2.05) is 36.4 Å². The first-order chi connectivity index (χ1) is 16.8. The Hall–Kier alpha value is -2.07. The third kappa shape index (κ3) is 7.96. The van der Waals surface area contributed by atoms with Crippen LogP contribution in [0.5, 0.6) is 5.75 Å². The summed E-state index contributed by atoms with van der Waals surface area (Å²) in [6.07, 6.45) is 1.61. The van der Waals surface area contributed by atoms with Crippen molar-refractivity contribution in [2.24, 2.45) is 5.10 Å². The van der Waals surface area contributed by atoms with Crippen molar-refractivity contribution in [3.8, 4) is 5.75 Å². The van der Waals surface area contributed by atoms with Crippen LogP contribution in [-0.4, -0.2) is 33.2 Å². The van der Waals surface area contributed by atoms with Crippen LogP contribution in [-0.2, 0) is 21.4 Å². The molecule has 3 rings (SSSR count). The molecule has 6 nitrogen and oxygen atoms in total. The number of hydrogen-bond acceptors (Lipinski definition) is 8. The largest absolute Gasteiger partial charge is 0.507 e. The Kier molecular flexibility index (Phi) is 9.49. The molecular formula is C26H31ClN4O2S3. The first-order valence-electron chi connectivity index (χ1n) is 11.4. The molecule has 0 fully saturated rings. The minimum Gasteiger partial charge on any atom is -0.507 e. The Bertz CT molecular complexity index is 1210. The predicted molar refractivity (Wildman–Crippen MR) is 153 cm³/mol. The highest BCUT2D eigenvalue weighted by molar-refractivity contribution is 8.03. The molecule has 192 valence electrons. The monoisotopic (exact) mass is 562 g/mol. The second kappa shape index (κ2) is 12.0. The lowest BCUT2D eigenvalue weighted by molar-refractivity contribution is -0.118. The van der Waals surface area contributed by atoms with Gasteiger partial charge in [-0.3, -0.25) is 4.79 Å². The van der Waals surface area contributed by atoms with Crippen molar-refractivity contribution in [3.05, 3.63) is 63.7 Å². The molecule has 0 bridgehead atoms. The number of phenols is 1. The molecule has 0 unspecified atom stereocenters. The molecule has 0 spiro atoms. The van der Waals surface area contributed by atoms with E-state index < -0.39 is 0 Å². The average Bonchev–Trinajstić information content (AvgIpc) is 3.24. The van der Waals surface area contributed by atoms with E-state index in [1.165, 1.54) is 23.1 Å². The third-order valence-corrected chi connectivity index (χ3v) is 8.78. The van der Waals surface area contributed by atoms with E-state index in [9.17, 15) is 9.90 Å². The Morgan fingerprint density at radius 2 is 1.64 bits per heavy atom. The number of carbonyl (C=O) groups excluding carboxylic acids is 1. The van der Waals surface area contributed by atoms with E-state index in [1.54, 1.807) is 18.0 Å². The third-order valence-electron chi connectivity index (χ3n) is 5.17. The van der Waals surface area contributed by atoms with Crippen LogP contribution < -0.4 is 5.43 Å². The summed E-state index contributed by atoms with van der Waals surface area (Å²) in [6, 6.07) is 11.6. The van der Waals surface area contributed by atoms with E-state index in [2.05, 4.69) is 62.3 Å². The number of nitrogens with one attached hydrogen (secondary N) is 1. The van der Waals surface area contributed by atoms with Gasteiger partial charge < -0.3 is 5.11 Å². The summed E-state index contributed by atoms with van der Waals surface area (Å²) in [5, 5.41) is 24.1. The van der Waals surface area contributed by atoms with Gasteiger partial charge in [-0.15, -0.1) is 10.2 Å². The lowest BCUT2D eigenvalue weighted by atomic mass is 9.78. The van der Waals surface area contributed by atoms with Crippen LogP contribution in [0.1, 0.15) is 63.8 Å². The Morgan fingerprint density at radius 3 is 2.22 bits per heavy atom. The van der Waals surface area contributed by atoms with Crippen LogP contribution in [0.15, 0.2) is 50.2 Å². The summed E-state index contributed by atoms with van der Waals surface area (Å²) in [7, 11) is 0. The lowest BCUT2D eigenvalue weighted by Crippen LogP contribution is -2.20. The molecule has 0 atom stereocenters. The zero-order valence-electron chi connectivity index (χ0n) is 21.3. The number of hydrazone groups is 1. The number of rotatable bonds is 8. The van der Waals surface area contributed by atoms with Gasteiger partial charge in [0.2, 0.25) is 0 Å². The lowest BCUT2D eigenvalue weighted by Gasteiger charge is -2.27. The van der Waals surface area contributed by atoms with Gasteiger partial charge in [0, 0.05) is 21.9 Å². The van der Waals surface area contributed by atoms with Crippen LogP contribution in [0.4, 0.5) is 0 Å². The van der Waals surface area contributed by atoms with Crippen LogP contribution in [0, 0.1) is 0 Å².